The molecule has 0 fully saturated rings. The van der Waals surface area contributed by atoms with E-state index < -0.39 is 53.7 Å². The summed E-state index contributed by atoms with van der Waals surface area (Å²) in [6.45, 7) is -2.34. The predicted octanol–water partition coefficient (Wildman–Crippen LogP) is -1.27. The summed E-state index contributed by atoms with van der Waals surface area (Å²) in [5.41, 5.74) is 0. The molecule has 0 aliphatic carbocycles. The Hall–Kier alpha value is -0.350. The molecule has 0 heterocycles. The molecule has 0 aromatic heterocycles. The molecule has 0 saturated heterocycles. The average Bonchev–Trinajstić information content (AvgIpc) is 2.39. The van der Waals surface area contributed by atoms with Crippen LogP contribution in [0, 0.1) is 0 Å². The molecule has 0 spiro atoms. The van der Waals surface area contributed by atoms with E-state index in [1.165, 1.54) is 0 Å². The molecule has 5 N–H and O–H groups in total. The second kappa shape index (κ2) is 8.83. The highest BCUT2D eigenvalue weighted by molar-refractivity contribution is 6.67. The molecule has 20 heavy (non-hydrogen) atoms. The van der Waals surface area contributed by atoms with Crippen LogP contribution in [-0.2, 0) is 9.53 Å². The third-order valence-corrected chi connectivity index (χ3v) is 2.36. The number of aliphatic hydroxyl groups is 4. The Labute approximate surface area is 129 Å². The quantitative estimate of drug-likeness (QED) is 0.359. The topological polar surface area (TPSA) is 136 Å². The van der Waals surface area contributed by atoms with E-state index >= 15 is 0 Å². The fraction of sp³-hybridized carbons (Fsp3) is 0.778. The fourth-order valence-electron chi connectivity index (χ4n) is 1.03. The number of ketones is 1. The second-order valence-electron chi connectivity index (χ2n) is 3.67. The van der Waals surface area contributed by atoms with Crippen LogP contribution in [0.25, 0.3) is 0 Å². The van der Waals surface area contributed by atoms with Gasteiger partial charge in [0.25, 0.3) is 0 Å². The Morgan fingerprint density at radius 3 is 2.10 bits per heavy atom. The van der Waals surface area contributed by atoms with E-state index in [1.54, 1.807) is 0 Å². The van der Waals surface area contributed by atoms with Gasteiger partial charge >= 0.3 is 6.09 Å². The highest BCUT2D eigenvalue weighted by atomic mass is 35.6. The Morgan fingerprint density at radius 2 is 1.70 bits per heavy atom. The summed E-state index contributed by atoms with van der Waals surface area (Å²) in [6.07, 6.45) is -4.89. The lowest BCUT2D eigenvalue weighted by Crippen LogP contribution is -2.51. The van der Waals surface area contributed by atoms with Gasteiger partial charge in [0.05, 0.1) is 13.2 Å². The lowest BCUT2D eigenvalue weighted by molar-refractivity contribution is -0.137. The van der Waals surface area contributed by atoms with E-state index in [0.29, 0.717) is 0 Å². The summed E-state index contributed by atoms with van der Waals surface area (Å²) in [6, 6.07) is -1.55. The van der Waals surface area contributed by atoms with Gasteiger partial charge in [-0.05, 0) is 0 Å². The SMILES string of the molecule is O=C(N[C@@H](CO)C(=O)[C@H](O)[C@H](O)CO)OCC(Cl)(Cl)Cl. The van der Waals surface area contributed by atoms with Crippen molar-refractivity contribution >= 4 is 46.7 Å². The molecule has 118 valence electrons. The summed E-state index contributed by atoms with van der Waals surface area (Å²) in [5, 5.41) is 37.9. The molecule has 3 atom stereocenters. The van der Waals surface area contributed by atoms with Gasteiger partial charge in [0.15, 0.2) is 5.78 Å². The van der Waals surface area contributed by atoms with Crippen molar-refractivity contribution in [1.29, 1.82) is 0 Å². The van der Waals surface area contributed by atoms with Crippen LogP contribution in [0.2, 0.25) is 0 Å². The van der Waals surface area contributed by atoms with Crippen molar-refractivity contribution in [1.82, 2.24) is 5.32 Å². The van der Waals surface area contributed by atoms with Crippen LogP contribution >= 0.6 is 34.8 Å². The van der Waals surface area contributed by atoms with Crippen LogP contribution in [0.5, 0.6) is 0 Å². The molecule has 0 rings (SSSR count). The van der Waals surface area contributed by atoms with Crippen molar-refractivity contribution in [2.75, 3.05) is 19.8 Å². The van der Waals surface area contributed by atoms with E-state index in [4.69, 9.17) is 50.1 Å². The lowest BCUT2D eigenvalue weighted by atomic mass is 10.0. The molecule has 0 aromatic rings. The zero-order valence-corrected chi connectivity index (χ0v) is 12.3. The van der Waals surface area contributed by atoms with Crippen molar-refractivity contribution in [2.45, 2.75) is 22.0 Å². The Kier molecular flexibility index (Phi) is 8.68. The van der Waals surface area contributed by atoms with Crippen molar-refractivity contribution in [3.63, 3.8) is 0 Å². The van der Waals surface area contributed by atoms with E-state index in [9.17, 15) is 14.7 Å². The van der Waals surface area contributed by atoms with Gasteiger partial charge < -0.3 is 30.5 Å². The van der Waals surface area contributed by atoms with E-state index in [1.807, 2.05) is 5.32 Å². The monoisotopic (exact) mass is 353 g/mol. The standard InChI is InChI=1S/C9H14Cl3NO7/c10-9(11,12)3-20-8(19)13-4(1-14)6(17)7(18)5(16)2-15/h4-5,7,14-16,18H,1-3H2,(H,13,19)/t4-,5+,7+/m0/s1. The first-order chi connectivity index (χ1) is 9.12. The summed E-state index contributed by atoms with van der Waals surface area (Å²) in [4.78, 5) is 22.8. The first kappa shape index (κ1) is 19.7. The molecule has 0 bridgehead atoms. The highest BCUT2D eigenvalue weighted by Crippen LogP contribution is 2.25. The minimum absolute atomic E-state index is 0.600. The number of aliphatic hydroxyl groups excluding tert-OH is 4. The Balaban J connectivity index is 4.47. The van der Waals surface area contributed by atoms with Crippen LogP contribution in [0.15, 0.2) is 0 Å². The number of rotatable bonds is 7. The third-order valence-electron chi connectivity index (χ3n) is 2.03. The van der Waals surface area contributed by atoms with Gasteiger partial charge in [-0.25, -0.2) is 4.79 Å². The average molecular weight is 355 g/mol. The third kappa shape index (κ3) is 7.44. The first-order valence-corrected chi connectivity index (χ1v) is 6.37. The number of amides is 1. The number of Topliss-reactive ketones (excluding diaryl/α,β-unsaturated/α-hetero) is 1. The maximum Gasteiger partial charge on any atom is 0.407 e. The lowest BCUT2D eigenvalue weighted by Gasteiger charge is -2.21. The molecule has 0 aliphatic rings. The fourth-order valence-corrected chi connectivity index (χ4v) is 1.20. The van der Waals surface area contributed by atoms with Crippen LogP contribution in [-0.4, -0.2) is 74.2 Å². The first-order valence-electron chi connectivity index (χ1n) is 5.24. The van der Waals surface area contributed by atoms with Gasteiger partial charge in [0.1, 0.15) is 24.9 Å². The molecule has 0 aromatic carbocycles. The smallest absolute Gasteiger partial charge is 0.407 e. The molecule has 11 heteroatoms. The number of hydrogen-bond donors (Lipinski definition) is 5. The molecule has 0 aliphatic heterocycles. The van der Waals surface area contributed by atoms with Crippen LogP contribution < -0.4 is 5.32 Å². The van der Waals surface area contributed by atoms with E-state index in [0.717, 1.165) is 0 Å². The highest BCUT2D eigenvalue weighted by Gasteiger charge is 2.32. The van der Waals surface area contributed by atoms with Crippen LogP contribution in [0.3, 0.4) is 0 Å². The summed E-state index contributed by atoms with van der Waals surface area (Å²) < 4.78 is 2.61. The van der Waals surface area contributed by atoms with Crippen LogP contribution in [0.1, 0.15) is 0 Å². The van der Waals surface area contributed by atoms with Crippen LogP contribution in [0.4, 0.5) is 4.79 Å². The number of nitrogens with one attached hydrogen (secondary N) is 1. The Morgan fingerprint density at radius 1 is 1.15 bits per heavy atom. The van der Waals surface area contributed by atoms with Gasteiger partial charge in [0.2, 0.25) is 3.79 Å². The minimum atomic E-state index is -1.98. The zero-order chi connectivity index (χ0) is 15.9. The predicted molar refractivity (Wildman–Crippen MR) is 69.8 cm³/mol. The molecule has 0 radical (unpaired) electrons. The number of halogens is 3. The minimum Gasteiger partial charge on any atom is -0.445 e. The van der Waals surface area contributed by atoms with Gasteiger partial charge in [0, 0.05) is 0 Å². The van der Waals surface area contributed by atoms with Crippen molar-refractivity contribution in [3.05, 3.63) is 0 Å². The molecule has 0 saturated carbocycles. The van der Waals surface area contributed by atoms with E-state index in [-0.39, 0.29) is 0 Å². The maximum absolute atomic E-state index is 11.6. The number of alkyl halides is 3. The molecule has 1 amide bonds. The normalized spacial score (nSPS) is 16.1. The molecular weight excluding hydrogens is 340 g/mol. The second-order valence-corrected chi connectivity index (χ2v) is 6.18. The van der Waals surface area contributed by atoms with Gasteiger partial charge in [-0.15, -0.1) is 0 Å². The molecular formula is C9H14Cl3NO7. The van der Waals surface area contributed by atoms with Crippen molar-refractivity contribution in [3.8, 4) is 0 Å². The largest absolute Gasteiger partial charge is 0.445 e. The summed E-state index contributed by atoms with van der Waals surface area (Å²) in [5.74, 6) is -1.11. The molecule has 8 nitrogen and oxygen atoms in total. The number of carbonyl (C=O) groups excluding carboxylic acids is 2. The summed E-state index contributed by atoms with van der Waals surface area (Å²) >= 11 is 16.0. The van der Waals surface area contributed by atoms with Gasteiger partial charge in [-0.1, -0.05) is 34.8 Å². The summed E-state index contributed by atoms with van der Waals surface area (Å²) in [7, 11) is 0. The van der Waals surface area contributed by atoms with E-state index in [2.05, 4.69) is 4.74 Å². The van der Waals surface area contributed by atoms with Crippen molar-refractivity contribution < 1.29 is 34.8 Å². The maximum atomic E-state index is 11.6. The van der Waals surface area contributed by atoms with Crippen molar-refractivity contribution in [2.24, 2.45) is 0 Å². The number of carbonyl (C=O) groups is 2. The van der Waals surface area contributed by atoms with Gasteiger partial charge in [-0.3, -0.25) is 4.79 Å². The Bertz CT molecular complexity index is 336. The number of alkyl carbamates (subject to hydrolysis) is 1. The molecule has 0 unspecified atom stereocenters. The van der Waals surface area contributed by atoms with Gasteiger partial charge in [-0.2, -0.15) is 0 Å². The number of hydrogen-bond acceptors (Lipinski definition) is 7. The zero-order valence-electron chi connectivity index (χ0n) is 10.0. The number of ether oxygens (including phenoxy) is 1.